The minimum Gasteiger partial charge on any atom is -0.465 e. The summed E-state index contributed by atoms with van der Waals surface area (Å²) in [7, 11) is 1.43. The lowest BCUT2D eigenvalue weighted by atomic mass is 10.2. The van der Waals surface area contributed by atoms with Crippen molar-refractivity contribution in [3.8, 4) is 0 Å². The Morgan fingerprint density at radius 3 is 2.59 bits per heavy atom. The molecule has 1 aromatic heterocycles. The largest absolute Gasteiger partial charge is 0.465 e. The van der Waals surface area contributed by atoms with Crippen molar-refractivity contribution in [1.82, 2.24) is 9.47 Å². The quantitative estimate of drug-likeness (QED) is 0.567. The first-order valence-electron chi connectivity index (χ1n) is 10.0. The number of hydrogen-bond donors (Lipinski definition) is 0. The molecule has 152 valence electrons. The van der Waals surface area contributed by atoms with Gasteiger partial charge in [0.25, 0.3) is 0 Å². The molecule has 1 saturated heterocycles. The lowest BCUT2D eigenvalue weighted by molar-refractivity contribution is 0.0602. The molecule has 0 atom stereocenters. The summed E-state index contributed by atoms with van der Waals surface area (Å²) in [5, 5.41) is 1.74. The molecule has 0 spiro atoms. The molecule has 3 aromatic rings. The SMILES string of the molecule is COC(=O)c1cn(CCCN2CCN(c3cccc(Cl)c3)CC2)c2ccccc12. The van der Waals surface area contributed by atoms with Crippen LogP contribution in [0.3, 0.4) is 0 Å². The molecule has 0 bridgehead atoms. The number of carbonyl (C=O) groups excluding carboxylic acids is 1. The third kappa shape index (κ3) is 4.41. The van der Waals surface area contributed by atoms with Gasteiger partial charge in [0, 0.05) is 60.5 Å². The molecular formula is C23H26ClN3O2. The van der Waals surface area contributed by atoms with Crippen LogP contribution < -0.4 is 4.90 Å². The maximum atomic E-state index is 12.1. The number of rotatable bonds is 6. The second-order valence-electron chi connectivity index (χ2n) is 7.41. The molecule has 6 heteroatoms. The number of aryl methyl sites for hydroxylation is 1. The van der Waals surface area contributed by atoms with Gasteiger partial charge < -0.3 is 14.2 Å². The molecule has 4 rings (SSSR count). The van der Waals surface area contributed by atoms with Crippen LogP contribution in [0.2, 0.25) is 5.02 Å². The van der Waals surface area contributed by atoms with Gasteiger partial charge in [-0.05, 0) is 37.2 Å². The monoisotopic (exact) mass is 411 g/mol. The molecule has 0 radical (unpaired) electrons. The Labute approximate surface area is 176 Å². The highest BCUT2D eigenvalue weighted by Crippen LogP contribution is 2.23. The van der Waals surface area contributed by atoms with Crippen LogP contribution in [0.25, 0.3) is 10.9 Å². The maximum Gasteiger partial charge on any atom is 0.340 e. The lowest BCUT2D eigenvalue weighted by Crippen LogP contribution is -2.46. The number of piperazine rings is 1. The zero-order chi connectivity index (χ0) is 20.2. The van der Waals surface area contributed by atoms with Crippen molar-refractivity contribution >= 4 is 34.2 Å². The van der Waals surface area contributed by atoms with E-state index in [9.17, 15) is 4.79 Å². The third-order valence-corrected chi connectivity index (χ3v) is 5.85. The fraction of sp³-hybridized carbons (Fsp3) is 0.348. The van der Waals surface area contributed by atoms with Gasteiger partial charge in [0.2, 0.25) is 0 Å². The minimum atomic E-state index is -0.280. The van der Waals surface area contributed by atoms with Crippen molar-refractivity contribution in [3.05, 3.63) is 65.3 Å². The number of fused-ring (bicyclic) bond motifs is 1. The van der Waals surface area contributed by atoms with Crippen molar-refractivity contribution in [1.29, 1.82) is 0 Å². The summed E-state index contributed by atoms with van der Waals surface area (Å²) in [6.07, 6.45) is 2.96. The lowest BCUT2D eigenvalue weighted by Gasteiger charge is -2.36. The average Bonchev–Trinajstić information content (AvgIpc) is 3.12. The molecule has 2 heterocycles. The molecule has 0 unspecified atom stereocenters. The Kier molecular flexibility index (Phi) is 6.07. The van der Waals surface area contributed by atoms with Crippen LogP contribution in [0.5, 0.6) is 0 Å². The van der Waals surface area contributed by atoms with E-state index in [0.717, 1.165) is 61.6 Å². The van der Waals surface area contributed by atoms with Crippen molar-refractivity contribution in [3.63, 3.8) is 0 Å². The number of anilines is 1. The summed E-state index contributed by atoms with van der Waals surface area (Å²) in [5.41, 5.74) is 2.92. The maximum absolute atomic E-state index is 12.1. The van der Waals surface area contributed by atoms with Gasteiger partial charge >= 0.3 is 5.97 Å². The van der Waals surface area contributed by atoms with Gasteiger partial charge in [0.05, 0.1) is 12.7 Å². The normalized spacial score (nSPS) is 15.0. The van der Waals surface area contributed by atoms with Crippen LogP contribution >= 0.6 is 11.6 Å². The minimum absolute atomic E-state index is 0.280. The van der Waals surface area contributed by atoms with E-state index in [4.69, 9.17) is 16.3 Å². The topological polar surface area (TPSA) is 37.7 Å². The summed E-state index contributed by atoms with van der Waals surface area (Å²) in [5.74, 6) is -0.280. The summed E-state index contributed by atoms with van der Waals surface area (Å²) in [6.45, 7) is 6.05. The highest BCUT2D eigenvalue weighted by Gasteiger charge is 2.18. The summed E-state index contributed by atoms with van der Waals surface area (Å²) >= 11 is 6.12. The number of methoxy groups -OCH3 is 1. The Morgan fingerprint density at radius 1 is 1.03 bits per heavy atom. The molecule has 1 fully saturated rings. The standard InChI is InChI=1S/C23H26ClN3O2/c1-29-23(28)21-17-27(22-9-3-2-8-20(21)22)11-5-10-25-12-14-26(15-13-25)19-7-4-6-18(24)16-19/h2-4,6-9,16-17H,5,10-15H2,1H3. The first-order valence-corrected chi connectivity index (χ1v) is 10.4. The predicted molar refractivity (Wildman–Crippen MR) is 118 cm³/mol. The molecule has 0 amide bonds. The average molecular weight is 412 g/mol. The molecule has 29 heavy (non-hydrogen) atoms. The summed E-state index contributed by atoms with van der Waals surface area (Å²) < 4.78 is 7.11. The van der Waals surface area contributed by atoms with Gasteiger partial charge in [-0.2, -0.15) is 0 Å². The fourth-order valence-electron chi connectivity index (χ4n) is 4.07. The highest BCUT2D eigenvalue weighted by atomic mass is 35.5. The van der Waals surface area contributed by atoms with E-state index in [1.165, 1.54) is 12.8 Å². The number of benzene rings is 2. The van der Waals surface area contributed by atoms with Gasteiger partial charge in [-0.1, -0.05) is 35.9 Å². The fourth-order valence-corrected chi connectivity index (χ4v) is 4.26. The van der Waals surface area contributed by atoms with Crippen LogP contribution in [0, 0.1) is 0 Å². The number of ether oxygens (including phenoxy) is 1. The van der Waals surface area contributed by atoms with Crippen LogP contribution in [-0.2, 0) is 11.3 Å². The highest BCUT2D eigenvalue weighted by molar-refractivity contribution is 6.30. The van der Waals surface area contributed by atoms with Crippen LogP contribution in [0.1, 0.15) is 16.8 Å². The molecular weight excluding hydrogens is 386 g/mol. The molecule has 1 aliphatic rings. The Bertz CT molecular complexity index is 993. The van der Waals surface area contributed by atoms with Crippen molar-refractivity contribution in [2.75, 3.05) is 44.7 Å². The van der Waals surface area contributed by atoms with Crippen molar-refractivity contribution in [2.24, 2.45) is 0 Å². The second kappa shape index (κ2) is 8.89. The van der Waals surface area contributed by atoms with E-state index < -0.39 is 0 Å². The first-order chi connectivity index (χ1) is 14.2. The molecule has 0 saturated carbocycles. The number of para-hydroxylation sites is 1. The van der Waals surface area contributed by atoms with Gasteiger partial charge in [0.15, 0.2) is 0 Å². The van der Waals surface area contributed by atoms with Crippen LogP contribution in [0.4, 0.5) is 5.69 Å². The van der Waals surface area contributed by atoms with E-state index >= 15 is 0 Å². The molecule has 2 aromatic carbocycles. The molecule has 0 N–H and O–H groups in total. The van der Waals surface area contributed by atoms with Gasteiger partial charge in [-0.15, -0.1) is 0 Å². The van der Waals surface area contributed by atoms with Gasteiger partial charge in [0.1, 0.15) is 0 Å². The summed E-state index contributed by atoms with van der Waals surface area (Å²) in [4.78, 5) is 17.0. The number of nitrogens with zero attached hydrogens (tertiary/aromatic N) is 3. The molecule has 1 aliphatic heterocycles. The second-order valence-corrected chi connectivity index (χ2v) is 7.84. The Hall–Kier alpha value is -2.50. The number of halogens is 1. The zero-order valence-corrected chi connectivity index (χ0v) is 17.4. The zero-order valence-electron chi connectivity index (χ0n) is 16.7. The smallest absolute Gasteiger partial charge is 0.340 e. The van der Waals surface area contributed by atoms with E-state index in [1.807, 2.05) is 42.6 Å². The van der Waals surface area contributed by atoms with E-state index in [2.05, 4.69) is 26.5 Å². The molecule has 5 nitrogen and oxygen atoms in total. The third-order valence-electron chi connectivity index (χ3n) is 5.61. The summed E-state index contributed by atoms with van der Waals surface area (Å²) in [6, 6.07) is 16.1. The van der Waals surface area contributed by atoms with E-state index in [-0.39, 0.29) is 5.97 Å². The number of aromatic nitrogens is 1. The predicted octanol–water partition coefficient (Wildman–Crippen LogP) is 4.29. The Morgan fingerprint density at radius 2 is 1.83 bits per heavy atom. The van der Waals surface area contributed by atoms with E-state index in [1.54, 1.807) is 0 Å². The van der Waals surface area contributed by atoms with Crippen LogP contribution in [-0.4, -0.2) is 55.3 Å². The number of esters is 1. The number of carbonyl (C=O) groups is 1. The number of hydrogen-bond acceptors (Lipinski definition) is 4. The van der Waals surface area contributed by atoms with Gasteiger partial charge in [-0.3, -0.25) is 4.90 Å². The van der Waals surface area contributed by atoms with Gasteiger partial charge in [-0.25, -0.2) is 4.79 Å². The first kappa shape index (κ1) is 19.8. The van der Waals surface area contributed by atoms with Crippen molar-refractivity contribution < 1.29 is 9.53 Å². The van der Waals surface area contributed by atoms with Crippen LogP contribution in [0.15, 0.2) is 54.7 Å². The Balaban J connectivity index is 1.33. The van der Waals surface area contributed by atoms with E-state index in [0.29, 0.717) is 5.56 Å². The molecule has 0 aliphatic carbocycles. The van der Waals surface area contributed by atoms with Crippen molar-refractivity contribution in [2.45, 2.75) is 13.0 Å².